The molecule has 0 radical (unpaired) electrons. The molecule has 1 aromatic rings. The van der Waals surface area contributed by atoms with Gasteiger partial charge in [0, 0.05) is 18.5 Å². The summed E-state index contributed by atoms with van der Waals surface area (Å²) >= 11 is 0. The number of hydrogen-bond donors (Lipinski definition) is 2. The first kappa shape index (κ1) is 14.5. The summed E-state index contributed by atoms with van der Waals surface area (Å²) in [5, 5.41) is 11.6. The van der Waals surface area contributed by atoms with Crippen molar-refractivity contribution >= 4 is 5.84 Å². The van der Waals surface area contributed by atoms with Gasteiger partial charge in [-0.15, -0.1) is 0 Å². The van der Waals surface area contributed by atoms with Gasteiger partial charge in [0.1, 0.15) is 11.8 Å². The summed E-state index contributed by atoms with van der Waals surface area (Å²) in [6, 6.07) is 1.88. The van der Waals surface area contributed by atoms with Gasteiger partial charge in [-0.25, -0.2) is 4.98 Å². The summed E-state index contributed by atoms with van der Waals surface area (Å²) in [5.41, 5.74) is 6.59. The largest absolute Gasteiger partial charge is 0.460 e. The number of aryl methyl sites for hydroxylation is 1. The van der Waals surface area contributed by atoms with E-state index < -0.39 is 0 Å². The zero-order chi connectivity index (χ0) is 14.7. The van der Waals surface area contributed by atoms with E-state index in [1.54, 1.807) is 13.0 Å². The van der Waals surface area contributed by atoms with Gasteiger partial charge in [0.25, 0.3) is 0 Å². The second kappa shape index (κ2) is 6.04. The minimum absolute atomic E-state index is 0.00990. The topological polar surface area (TPSA) is 103 Å². The Morgan fingerprint density at radius 2 is 2.05 bits per heavy atom. The average molecular weight is 280 g/mol. The van der Waals surface area contributed by atoms with Crippen LogP contribution in [0.25, 0.3) is 0 Å². The van der Waals surface area contributed by atoms with Crippen LogP contribution in [0.2, 0.25) is 0 Å². The fraction of sp³-hybridized carbons (Fsp3) is 0.615. The highest BCUT2D eigenvalue weighted by atomic mass is 16.5. The molecule has 1 saturated heterocycles. The lowest BCUT2D eigenvalue weighted by Crippen LogP contribution is -2.36. The lowest BCUT2D eigenvalue weighted by Gasteiger charge is -2.31. The third-order valence-corrected chi connectivity index (χ3v) is 3.13. The van der Waals surface area contributed by atoms with Gasteiger partial charge in [0.05, 0.1) is 12.2 Å². The number of aromatic nitrogens is 2. The summed E-state index contributed by atoms with van der Waals surface area (Å²) in [5.74, 6) is -0.0611. The Balaban J connectivity index is 2.14. The predicted molar refractivity (Wildman–Crippen MR) is 72.9 cm³/mol. The van der Waals surface area contributed by atoms with Crippen molar-refractivity contribution in [2.45, 2.75) is 51.9 Å². The van der Waals surface area contributed by atoms with Crippen LogP contribution in [-0.2, 0) is 4.74 Å². The molecule has 1 fully saturated rings. The zero-order valence-corrected chi connectivity index (χ0v) is 11.9. The molecule has 0 saturated carbocycles. The van der Waals surface area contributed by atoms with Crippen LogP contribution in [0.4, 0.5) is 0 Å². The molecule has 1 aliphatic heterocycles. The van der Waals surface area contributed by atoms with E-state index in [-0.39, 0.29) is 30.2 Å². The number of ether oxygens (including phenoxy) is 2. The normalized spacial score (nSPS) is 27.4. The zero-order valence-electron chi connectivity index (χ0n) is 11.9. The van der Waals surface area contributed by atoms with Gasteiger partial charge in [-0.3, -0.25) is 0 Å². The molecule has 0 aliphatic carbocycles. The number of nitrogens with zero attached hydrogens (tertiary/aromatic N) is 3. The Morgan fingerprint density at radius 3 is 2.65 bits per heavy atom. The van der Waals surface area contributed by atoms with Gasteiger partial charge < -0.3 is 20.4 Å². The van der Waals surface area contributed by atoms with Gasteiger partial charge in [-0.05, 0) is 26.8 Å². The Bertz CT molecular complexity index is 496. The molecule has 0 spiro atoms. The lowest BCUT2D eigenvalue weighted by molar-refractivity contribution is -0.0739. The maximum atomic E-state index is 8.71. The van der Waals surface area contributed by atoms with E-state index >= 15 is 0 Å². The van der Waals surface area contributed by atoms with Crippen LogP contribution in [0, 0.1) is 6.92 Å². The molecule has 2 atom stereocenters. The van der Waals surface area contributed by atoms with Crippen LogP contribution < -0.4 is 10.5 Å². The Kier molecular flexibility index (Phi) is 4.39. The molecular weight excluding hydrogens is 260 g/mol. The third kappa shape index (κ3) is 3.57. The van der Waals surface area contributed by atoms with Gasteiger partial charge in [-0.1, -0.05) is 5.16 Å². The fourth-order valence-corrected chi connectivity index (χ4v) is 2.37. The molecule has 7 heteroatoms. The summed E-state index contributed by atoms with van der Waals surface area (Å²) in [6.45, 7) is 5.84. The number of nitrogens with two attached hydrogens (primary N) is 1. The number of hydrogen-bond acceptors (Lipinski definition) is 6. The van der Waals surface area contributed by atoms with Gasteiger partial charge in [0.15, 0.2) is 5.84 Å². The van der Waals surface area contributed by atoms with Gasteiger partial charge >= 0.3 is 6.01 Å². The molecular formula is C13H20N4O3. The summed E-state index contributed by atoms with van der Waals surface area (Å²) in [6.07, 6.45) is 1.89. The summed E-state index contributed by atoms with van der Waals surface area (Å²) < 4.78 is 11.5. The van der Waals surface area contributed by atoms with Crippen LogP contribution in [0.3, 0.4) is 0 Å². The quantitative estimate of drug-likeness (QED) is 0.373. The average Bonchev–Trinajstić information content (AvgIpc) is 2.35. The molecule has 20 heavy (non-hydrogen) atoms. The van der Waals surface area contributed by atoms with Crippen molar-refractivity contribution in [3.63, 3.8) is 0 Å². The summed E-state index contributed by atoms with van der Waals surface area (Å²) in [7, 11) is 0. The van der Waals surface area contributed by atoms with Crippen LogP contribution in [0.15, 0.2) is 11.2 Å². The molecule has 1 aromatic heterocycles. The Hall–Kier alpha value is -1.89. The van der Waals surface area contributed by atoms with E-state index in [1.165, 1.54) is 0 Å². The highest BCUT2D eigenvalue weighted by Gasteiger charge is 2.26. The predicted octanol–water partition coefficient (Wildman–Crippen LogP) is 1.21. The Labute approximate surface area is 117 Å². The van der Waals surface area contributed by atoms with Crippen molar-refractivity contribution in [1.29, 1.82) is 0 Å². The monoisotopic (exact) mass is 280 g/mol. The molecule has 0 bridgehead atoms. The molecule has 110 valence electrons. The SMILES string of the molecule is Cc1cc(/C(N)=N/O)nc(OC2CC(C)OC(C)C2)n1. The Morgan fingerprint density at radius 1 is 1.40 bits per heavy atom. The molecule has 0 aromatic carbocycles. The van der Waals surface area contributed by atoms with Crippen molar-refractivity contribution < 1.29 is 14.7 Å². The van der Waals surface area contributed by atoms with E-state index in [1.807, 2.05) is 13.8 Å². The van der Waals surface area contributed by atoms with E-state index in [2.05, 4.69) is 15.1 Å². The van der Waals surface area contributed by atoms with Crippen molar-refractivity contribution in [1.82, 2.24) is 9.97 Å². The second-order valence-corrected chi connectivity index (χ2v) is 5.13. The maximum absolute atomic E-state index is 8.71. The highest BCUT2D eigenvalue weighted by Crippen LogP contribution is 2.22. The smallest absolute Gasteiger partial charge is 0.317 e. The number of amidine groups is 1. The lowest BCUT2D eigenvalue weighted by atomic mass is 10.0. The molecule has 1 aliphatic rings. The number of oxime groups is 1. The van der Waals surface area contributed by atoms with Crippen LogP contribution in [0.5, 0.6) is 6.01 Å². The van der Waals surface area contributed by atoms with E-state index in [0.717, 1.165) is 12.8 Å². The number of rotatable bonds is 3. The third-order valence-electron chi connectivity index (χ3n) is 3.13. The first-order chi connectivity index (χ1) is 9.47. The maximum Gasteiger partial charge on any atom is 0.317 e. The van der Waals surface area contributed by atoms with Crippen LogP contribution >= 0.6 is 0 Å². The van der Waals surface area contributed by atoms with Crippen molar-refractivity contribution in [2.24, 2.45) is 10.9 Å². The first-order valence-corrected chi connectivity index (χ1v) is 6.63. The minimum atomic E-state index is -0.0611. The van der Waals surface area contributed by atoms with E-state index in [4.69, 9.17) is 20.4 Å². The molecule has 7 nitrogen and oxygen atoms in total. The van der Waals surface area contributed by atoms with Crippen molar-refractivity contribution in [2.75, 3.05) is 0 Å². The van der Waals surface area contributed by atoms with Gasteiger partial charge in [0.2, 0.25) is 0 Å². The fourth-order valence-electron chi connectivity index (χ4n) is 2.37. The molecule has 3 N–H and O–H groups in total. The molecule has 2 heterocycles. The van der Waals surface area contributed by atoms with Crippen LogP contribution in [-0.4, -0.2) is 39.3 Å². The van der Waals surface area contributed by atoms with Gasteiger partial charge in [-0.2, -0.15) is 4.98 Å². The van der Waals surface area contributed by atoms with Crippen LogP contribution in [0.1, 0.15) is 38.1 Å². The molecule has 2 rings (SSSR count). The molecule has 2 unspecified atom stereocenters. The second-order valence-electron chi connectivity index (χ2n) is 5.13. The van der Waals surface area contributed by atoms with Crippen molar-refractivity contribution in [3.05, 3.63) is 17.5 Å². The van der Waals surface area contributed by atoms with E-state index in [0.29, 0.717) is 11.4 Å². The van der Waals surface area contributed by atoms with Crippen molar-refractivity contribution in [3.8, 4) is 6.01 Å². The molecule has 0 amide bonds. The standard InChI is InChI=1S/C13H20N4O3/c1-7-4-11(12(14)17-18)16-13(15-7)20-10-5-8(2)19-9(3)6-10/h4,8-10,18H,5-6H2,1-3H3,(H2,14,17). The first-order valence-electron chi connectivity index (χ1n) is 6.63. The highest BCUT2D eigenvalue weighted by molar-refractivity contribution is 5.95. The summed E-state index contributed by atoms with van der Waals surface area (Å²) in [4.78, 5) is 8.39. The van der Waals surface area contributed by atoms with E-state index in [9.17, 15) is 0 Å². The minimum Gasteiger partial charge on any atom is -0.460 e.